The van der Waals surface area contributed by atoms with Gasteiger partial charge in [-0.2, -0.15) is 0 Å². The second-order valence-electron chi connectivity index (χ2n) is 3.76. The summed E-state index contributed by atoms with van der Waals surface area (Å²) >= 11 is 9.17. The molecule has 6 heteroatoms. The molecule has 0 radical (unpaired) electrons. The molecular weight excluding hydrogens is 326 g/mol. The van der Waals surface area contributed by atoms with Crippen molar-refractivity contribution in [2.24, 2.45) is 0 Å². The van der Waals surface area contributed by atoms with Crippen LogP contribution in [0.5, 0.6) is 0 Å². The first kappa shape index (κ1) is 13.1. The van der Waals surface area contributed by atoms with Gasteiger partial charge in [0.15, 0.2) is 0 Å². The number of hydrogen-bond donors (Lipinski definition) is 0. The lowest BCUT2D eigenvalue weighted by Gasteiger charge is -2.26. The van der Waals surface area contributed by atoms with Gasteiger partial charge in [0.1, 0.15) is 0 Å². The molecule has 0 aliphatic carbocycles. The Morgan fingerprint density at radius 2 is 2.00 bits per heavy atom. The van der Waals surface area contributed by atoms with Crippen LogP contribution in [0.3, 0.4) is 0 Å². The summed E-state index contributed by atoms with van der Waals surface area (Å²) in [4.78, 5) is 13.9. The van der Waals surface area contributed by atoms with Gasteiger partial charge in [-0.3, -0.25) is 9.00 Å². The Balaban J connectivity index is 2.16. The number of halogens is 2. The molecule has 0 atom stereocenters. The summed E-state index contributed by atoms with van der Waals surface area (Å²) < 4.78 is 11.9. The van der Waals surface area contributed by atoms with Crippen molar-refractivity contribution in [3.05, 3.63) is 33.3 Å². The Bertz CT molecular complexity index is 471. The minimum atomic E-state index is -0.770. The van der Waals surface area contributed by atoms with Gasteiger partial charge >= 0.3 is 0 Å². The molecule has 1 aromatic rings. The monoisotopic (exact) mass is 335 g/mol. The summed E-state index contributed by atoms with van der Waals surface area (Å²) in [5, 5.41) is 0.591. The molecule has 1 heterocycles. The smallest absolute Gasteiger partial charge is 0.255 e. The Morgan fingerprint density at radius 3 is 2.59 bits per heavy atom. The molecule has 0 saturated carbocycles. The van der Waals surface area contributed by atoms with Crippen LogP contribution in [0.25, 0.3) is 0 Å². The van der Waals surface area contributed by atoms with Gasteiger partial charge in [0.05, 0.1) is 5.56 Å². The van der Waals surface area contributed by atoms with Crippen molar-refractivity contribution in [3.8, 4) is 0 Å². The second kappa shape index (κ2) is 5.50. The van der Waals surface area contributed by atoms with Crippen LogP contribution in [-0.4, -0.2) is 39.6 Å². The van der Waals surface area contributed by atoms with E-state index in [1.165, 1.54) is 0 Å². The molecule has 1 saturated heterocycles. The van der Waals surface area contributed by atoms with E-state index in [0.717, 1.165) is 0 Å². The maximum absolute atomic E-state index is 12.2. The van der Waals surface area contributed by atoms with Crippen LogP contribution in [0.2, 0.25) is 5.02 Å². The van der Waals surface area contributed by atoms with Crippen LogP contribution >= 0.6 is 27.5 Å². The van der Waals surface area contributed by atoms with Crippen molar-refractivity contribution in [2.75, 3.05) is 24.6 Å². The Labute approximate surface area is 116 Å². The van der Waals surface area contributed by atoms with Crippen molar-refractivity contribution in [2.45, 2.75) is 0 Å². The van der Waals surface area contributed by atoms with Crippen LogP contribution < -0.4 is 0 Å². The third-order valence-electron chi connectivity index (χ3n) is 2.63. The SMILES string of the molecule is O=C(c1ccc(Cl)cc1Br)N1CCS(=O)CC1. The lowest BCUT2D eigenvalue weighted by molar-refractivity contribution is 0.0770. The lowest BCUT2D eigenvalue weighted by atomic mass is 10.2. The lowest BCUT2D eigenvalue weighted by Crippen LogP contribution is -2.41. The molecule has 17 heavy (non-hydrogen) atoms. The topological polar surface area (TPSA) is 37.4 Å². The fraction of sp³-hybridized carbons (Fsp3) is 0.364. The summed E-state index contributed by atoms with van der Waals surface area (Å²) in [7, 11) is -0.770. The van der Waals surface area contributed by atoms with E-state index >= 15 is 0 Å². The average molecular weight is 337 g/mol. The molecule has 0 N–H and O–H groups in total. The van der Waals surface area contributed by atoms with E-state index in [1.54, 1.807) is 23.1 Å². The molecule has 0 spiro atoms. The molecule has 1 amide bonds. The van der Waals surface area contributed by atoms with Crippen molar-refractivity contribution < 1.29 is 9.00 Å². The van der Waals surface area contributed by atoms with E-state index < -0.39 is 10.8 Å². The van der Waals surface area contributed by atoms with Crippen LogP contribution in [0, 0.1) is 0 Å². The maximum atomic E-state index is 12.2. The van der Waals surface area contributed by atoms with Crippen molar-refractivity contribution >= 4 is 44.2 Å². The number of carbonyl (C=O) groups excluding carboxylic acids is 1. The van der Waals surface area contributed by atoms with Gasteiger partial charge in [0, 0.05) is 44.9 Å². The fourth-order valence-electron chi connectivity index (χ4n) is 1.67. The molecule has 1 aliphatic heterocycles. The minimum Gasteiger partial charge on any atom is -0.337 e. The van der Waals surface area contributed by atoms with Crippen LogP contribution in [0.1, 0.15) is 10.4 Å². The third kappa shape index (κ3) is 3.09. The van der Waals surface area contributed by atoms with E-state index in [9.17, 15) is 9.00 Å². The third-order valence-corrected chi connectivity index (χ3v) is 4.79. The standard InChI is InChI=1S/C11H11BrClNO2S/c12-10-7-8(13)1-2-9(10)11(15)14-3-5-17(16)6-4-14/h1-2,7H,3-6H2. The normalized spacial score (nSPS) is 17.2. The molecular formula is C11H11BrClNO2S. The summed E-state index contributed by atoms with van der Waals surface area (Å²) in [6.07, 6.45) is 0. The summed E-state index contributed by atoms with van der Waals surface area (Å²) in [5.41, 5.74) is 0.599. The second-order valence-corrected chi connectivity index (χ2v) is 6.75. The van der Waals surface area contributed by atoms with E-state index in [4.69, 9.17) is 11.6 Å². The van der Waals surface area contributed by atoms with E-state index in [1.807, 2.05) is 0 Å². The summed E-state index contributed by atoms with van der Waals surface area (Å²) in [6, 6.07) is 5.11. The quantitative estimate of drug-likeness (QED) is 0.789. The van der Waals surface area contributed by atoms with Crippen LogP contribution in [-0.2, 0) is 10.8 Å². The Hall–Kier alpha value is -0.390. The van der Waals surface area contributed by atoms with E-state index in [2.05, 4.69) is 15.9 Å². The number of carbonyl (C=O) groups is 1. The molecule has 3 nitrogen and oxygen atoms in total. The maximum Gasteiger partial charge on any atom is 0.255 e. The highest BCUT2D eigenvalue weighted by Gasteiger charge is 2.22. The average Bonchev–Trinajstić information content (AvgIpc) is 2.29. The van der Waals surface area contributed by atoms with Gasteiger partial charge in [-0.25, -0.2) is 0 Å². The Morgan fingerprint density at radius 1 is 1.35 bits per heavy atom. The largest absolute Gasteiger partial charge is 0.337 e. The number of rotatable bonds is 1. The van der Waals surface area contributed by atoms with Gasteiger partial charge < -0.3 is 4.90 Å². The van der Waals surface area contributed by atoms with Gasteiger partial charge in [0.2, 0.25) is 0 Å². The molecule has 1 fully saturated rings. The van der Waals surface area contributed by atoms with Gasteiger partial charge in [-0.15, -0.1) is 0 Å². The first-order valence-corrected chi connectivity index (χ1v) is 7.83. The van der Waals surface area contributed by atoms with Gasteiger partial charge in [0.25, 0.3) is 5.91 Å². The van der Waals surface area contributed by atoms with Crippen molar-refractivity contribution in [3.63, 3.8) is 0 Å². The minimum absolute atomic E-state index is 0.0368. The zero-order valence-electron chi connectivity index (χ0n) is 8.99. The fourth-order valence-corrected chi connectivity index (χ4v) is 3.58. The molecule has 0 bridgehead atoms. The first-order valence-electron chi connectivity index (χ1n) is 5.17. The van der Waals surface area contributed by atoms with Crippen LogP contribution in [0.15, 0.2) is 22.7 Å². The first-order chi connectivity index (χ1) is 8.08. The highest BCUT2D eigenvalue weighted by Crippen LogP contribution is 2.23. The van der Waals surface area contributed by atoms with Crippen molar-refractivity contribution in [1.82, 2.24) is 4.90 Å². The molecule has 2 rings (SSSR count). The highest BCUT2D eigenvalue weighted by molar-refractivity contribution is 9.10. The zero-order valence-corrected chi connectivity index (χ0v) is 12.1. The number of hydrogen-bond acceptors (Lipinski definition) is 2. The predicted octanol–water partition coefficient (Wildman–Crippen LogP) is 2.31. The molecule has 0 aromatic heterocycles. The predicted molar refractivity (Wildman–Crippen MR) is 72.9 cm³/mol. The summed E-state index contributed by atoms with van der Waals surface area (Å²) in [6.45, 7) is 1.11. The molecule has 92 valence electrons. The number of benzene rings is 1. The van der Waals surface area contributed by atoms with Gasteiger partial charge in [-0.1, -0.05) is 11.6 Å². The van der Waals surface area contributed by atoms with E-state index in [0.29, 0.717) is 39.7 Å². The zero-order chi connectivity index (χ0) is 12.4. The Kier molecular flexibility index (Phi) is 4.22. The number of amides is 1. The number of nitrogens with zero attached hydrogens (tertiary/aromatic N) is 1. The highest BCUT2D eigenvalue weighted by atomic mass is 79.9. The molecule has 1 aromatic carbocycles. The van der Waals surface area contributed by atoms with Crippen LogP contribution in [0.4, 0.5) is 0 Å². The summed E-state index contributed by atoms with van der Waals surface area (Å²) in [5.74, 6) is 1.10. The van der Waals surface area contributed by atoms with E-state index in [-0.39, 0.29) is 5.91 Å². The van der Waals surface area contributed by atoms with Crippen molar-refractivity contribution in [1.29, 1.82) is 0 Å². The van der Waals surface area contributed by atoms with Gasteiger partial charge in [-0.05, 0) is 34.1 Å². The molecule has 0 unspecified atom stereocenters. The molecule has 1 aliphatic rings.